The highest BCUT2D eigenvalue weighted by Gasteiger charge is 2.40. The van der Waals surface area contributed by atoms with Gasteiger partial charge in [0, 0.05) is 6.54 Å². The summed E-state index contributed by atoms with van der Waals surface area (Å²) in [5.41, 5.74) is 1.92. The third kappa shape index (κ3) is 6.95. The second-order valence-electron chi connectivity index (χ2n) is 8.11. The number of hydrogen-bond acceptors (Lipinski definition) is 5. The number of halogens is 3. The molecular weight excluding hydrogens is 437 g/mol. The monoisotopic (exact) mass is 464 g/mol. The molecule has 1 heterocycles. The number of alkyl halides is 3. The van der Waals surface area contributed by atoms with E-state index in [0.29, 0.717) is 23.4 Å². The topological polar surface area (TPSA) is 76.7 Å². The van der Waals surface area contributed by atoms with Gasteiger partial charge in [0.25, 0.3) is 0 Å². The molecule has 33 heavy (non-hydrogen) atoms. The molecule has 2 aromatic rings. The zero-order valence-corrected chi connectivity index (χ0v) is 18.4. The van der Waals surface area contributed by atoms with Gasteiger partial charge in [-0.15, -0.1) is 0 Å². The molecule has 178 valence electrons. The van der Waals surface area contributed by atoms with Crippen molar-refractivity contribution in [2.45, 2.75) is 51.1 Å². The van der Waals surface area contributed by atoms with Crippen LogP contribution in [0.4, 0.5) is 13.2 Å². The smallest absolute Gasteiger partial charge is 0.471 e. The van der Waals surface area contributed by atoms with Crippen LogP contribution in [0.5, 0.6) is 5.75 Å². The maximum atomic E-state index is 12.7. The van der Waals surface area contributed by atoms with Crippen LogP contribution in [0.15, 0.2) is 48.5 Å². The standard InChI is InChI=1S/C24H27F3N2O4/c1-15-5-7-17(8-6-15)21(16(2)29-23(31)24(25,26)27)32-19-11-9-18(10-12-19)22(30)33-20-4-3-13-28-14-20/h5-12,16,20-21,28H,3-4,13-14H2,1-2H3,(H,29,31)/t16-,20-,21-/m0/s1. The number of benzene rings is 2. The molecule has 9 heteroatoms. The molecule has 3 atom stereocenters. The number of piperidine rings is 1. The SMILES string of the molecule is Cc1ccc([C@@H](Oc2ccc(C(=O)O[C@H]3CCCNC3)cc2)[C@H](C)NC(=O)C(F)(F)F)cc1. The number of rotatable bonds is 7. The fourth-order valence-corrected chi connectivity index (χ4v) is 3.54. The van der Waals surface area contributed by atoms with Gasteiger partial charge in [-0.05, 0) is 63.1 Å². The number of nitrogens with one attached hydrogen (secondary N) is 2. The van der Waals surface area contributed by atoms with E-state index in [1.165, 1.54) is 6.92 Å². The van der Waals surface area contributed by atoms with Crippen molar-refractivity contribution in [3.8, 4) is 5.75 Å². The van der Waals surface area contributed by atoms with Crippen LogP contribution in [0, 0.1) is 6.92 Å². The fraction of sp³-hybridized carbons (Fsp3) is 0.417. The minimum atomic E-state index is -5.00. The molecule has 1 aliphatic heterocycles. The molecule has 0 radical (unpaired) electrons. The average Bonchev–Trinajstić information content (AvgIpc) is 2.78. The summed E-state index contributed by atoms with van der Waals surface area (Å²) in [6, 6.07) is 12.3. The van der Waals surface area contributed by atoms with Crippen LogP contribution in [0.2, 0.25) is 0 Å². The molecule has 2 N–H and O–H groups in total. The van der Waals surface area contributed by atoms with E-state index < -0.39 is 30.2 Å². The lowest BCUT2D eigenvalue weighted by molar-refractivity contribution is -0.174. The first-order chi connectivity index (χ1) is 15.6. The third-order valence-electron chi connectivity index (χ3n) is 5.35. The number of hydrogen-bond donors (Lipinski definition) is 2. The van der Waals surface area contributed by atoms with Gasteiger partial charge in [0.2, 0.25) is 0 Å². The molecule has 0 unspecified atom stereocenters. The molecule has 0 spiro atoms. The van der Waals surface area contributed by atoms with Gasteiger partial charge in [-0.3, -0.25) is 4.79 Å². The summed E-state index contributed by atoms with van der Waals surface area (Å²) < 4.78 is 49.7. The van der Waals surface area contributed by atoms with Crippen LogP contribution in [0.25, 0.3) is 0 Å². The minimum absolute atomic E-state index is 0.175. The van der Waals surface area contributed by atoms with Gasteiger partial charge in [0.15, 0.2) is 0 Å². The van der Waals surface area contributed by atoms with Crippen molar-refractivity contribution in [1.82, 2.24) is 10.6 Å². The Labute approximate surface area is 190 Å². The number of carbonyl (C=O) groups is 2. The van der Waals surface area contributed by atoms with E-state index in [9.17, 15) is 22.8 Å². The zero-order valence-electron chi connectivity index (χ0n) is 18.4. The lowest BCUT2D eigenvalue weighted by atomic mass is 10.0. The van der Waals surface area contributed by atoms with E-state index in [1.807, 2.05) is 24.4 Å². The van der Waals surface area contributed by atoms with Crippen molar-refractivity contribution in [3.63, 3.8) is 0 Å². The fourth-order valence-electron chi connectivity index (χ4n) is 3.54. The molecule has 1 fully saturated rings. The molecule has 1 amide bonds. The molecule has 2 aromatic carbocycles. The predicted octanol–water partition coefficient (Wildman–Crippen LogP) is 4.09. The van der Waals surface area contributed by atoms with Gasteiger partial charge in [0.05, 0.1) is 11.6 Å². The van der Waals surface area contributed by atoms with Gasteiger partial charge in [-0.2, -0.15) is 13.2 Å². The van der Waals surface area contributed by atoms with Crippen LogP contribution < -0.4 is 15.4 Å². The highest BCUT2D eigenvalue weighted by Crippen LogP contribution is 2.27. The summed E-state index contributed by atoms with van der Waals surface area (Å²) in [6.07, 6.45) is -4.32. The molecule has 1 aliphatic rings. The van der Waals surface area contributed by atoms with E-state index in [0.717, 1.165) is 24.9 Å². The van der Waals surface area contributed by atoms with Crippen LogP contribution in [-0.2, 0) is 9.53 Å². The van der Waals surface area contributed by atoms with Crippen LogP contribution >= 0.6 is 0 Å². The van der Waals surface area contributed by atoms with Crippen LogP contribution in [-0.4, -0.2) is 43.3 Å². The predicted molar refractivity (Wildman–Crippen MR) is 116 cm³/mol. The van der Waals surface area contributed by atoms with Crippen molar-refractivity contribution in [2.24, 2.45) is 0 Å². The first-order valence-electron chi connectivity index (χ1n) is 10.8. The first kappa shape index (κ1) is 24.6. The van der Waals surface area contributed by atoms with Crippen molar-refractivity contribution >= 4 is 11.9 Å². The Morgan fingerprint density at radius 1 is 1.09 bits per heavy atom. The number of esters is 1. The Hall–Kier alpha value is -3.07. The van der Waals surface area contributed by atoms with Crippen molar-refractivity contribution in [2.75, 3.05) is 13.1 Å². The summed E-state index contributed by atoms with van der Waals surface area (Å²) in [5, 5.41) is 5.14. The summed E-state index contributed by atoms with van der Waals surface area (Å²) in [7, 11) is 0. The van der Waals surface area contributed by atoms with Crippen molar-refractivity contribution < 1.29 is 32.2 Å². The summed E-state index contributed by atoms with van der Waals surface area (Å²) in [5.74, 6) is -2.15. The number of amides is 1. The summed E-state index contributed by atoms with van der Waals surface area (Å²) in [6.45, 7) is 4.85. The van der Waals surface area contributed by atoms with E-state index in [1.54, 1.807) is 36.4 Å². The van der Waals surface area contributed by atoms with Crippen molar-refractivity contribution in [1.29, 1.82) is 0 Å². The molecule has 0 aromatic heterocycles. The molecular formula is C24H27F3N2O4. The second-order valence-corrected chi connectivity index (χ2v) is 8.11. The summed E-state index contributed by atoms with van der Waals surface area (Å²) in [4.78, 5) is 23.8. The van der Waals surface area contributed by atoms with E-state index in [4.69, 9.17) is 9.47 Å². The average molecular weight is 464 g/mol. The maximum Gasteiger partial charge on any atom is 0.471 e. The highest BCUT2D eigenvalue weighted by molar-refractivity contribution is 5.89. The van der Waals surface area contributed by atoms with Crippen molar-refractivity contribution in [3.05, 3.63) is 65.2 Å². The van der Waals surface area contributed by atoms with Crippen LogP contribution in [0.1, 0.15) is 47.4 Å². The Kier molecular flexibility index (Phi) is 7.97. The highest BCUT2D eigenvalue weighted by atomic mass is 19.4. The Morgan fingerprint density at radius 2 is 1.76 bits per heavy atom. The van der Waals surface area contributed by atoms with Crippen LogP contribution in [0.3, 0.4) is 0 Å². The number of carbonyl (C=O) groups excluding carboxylic acids is 2. The van der Waals surface area contributed by atoms with Gasteiger partial charge >= 0.3 is 18.1 Å². The first-order valence-corrected chi connectivity index (χ1v) is 10.8. The number of aryl methyl sites for hydroxylation is 1. The van der Waals surface area contributed by atoms with E-state index in [2.05, 4.69) is 5.32 Å². The maximum absolute atomic E-state index is 12.7. The molecule has 0 aliphatic carbocycles. The van der Waals surface area contributed by atoms with E-state index in [-0.39, 0.29) is 6.10 Å². The van der Waals surface area contributed by atoms with Gasteiger partial charge in [0.1, 0.15) is 18.0 Å². The second kappa shape index (κ2) is 10.7. The number of ether oxygens (including phenoxy) is 2. The molecule has 0 saturated carbocycles. The third-order valence-corrected chi connectivity index (χ3v) is 5.35. The minimum Gasteiger partial charge on any atom is -0.484 e. The molecule has 3 rings (SSSR count). The Bertz CT molecular complexity index is 940. The lowest BCUT2D eigenvalue weighted by Gasteiger charge is -2.27. The molecule has 0 bridgehead atoms. The normalized spacial score (nSPS) is 18.2. The molecule has 1 saturated heterocycles. The van der Waals surface area contributed by atoms with Gasteiger partial charge in [-0.1, -0.05) is 29.8 Å². The zero-order chi connectivity index (χ0) is 24.0. The summed E-state index contributed by atoms with van der Waals surface area (Å²) >= 11 is 0. The largest absolute Gasteiger partial charge is 0.484 e. The van der Waals surface area contributed by atoms with E-state index >= 15 is 0 Å². The Balaban J connectivity index is 1.72. The van der Waals surface area contributed by atoms with Gasteiger partial charge in [-0.25, -0.2) is 4.79 Å². The van der Waals surface area contributed by atoms with Gasteiger partial charge < -0.3 is 20.1 Å². The molecule has 6 nitrogen and oxygen atoms in total. The Morgan fingerprint density at radius 3 is 2.33 bits per heavy atom. The lowest BCUT2D eigenvalue weighted by Crippen LogP contribution is -2.45. The quantitative estimate of drug-likeness (QED) is 0.604.